The van der Waals surface area contributed by atoms with Gasteiger partial charge in [-0.25, -0.2) is 9.97 Å². The van der Waals surface area contributed by atoms with Crippen LogP contribution in [0, 0.1) is 26.7 Å². The maximum atomic E-state index is 10.6. The van der Waals surface area contributed by atoms with Crippen molar-refractivity contribution in [1.29, 1.82) is 0 Å². The van der Waals surface area contributed by atoms with Crippen LogP contribution in [-0.2, 0) is 0 Å². The number of fused-ring (bicyclic) bond motifs is 1. The fourth-order valence-electron chi connectivity index (χ4n) is 4.55. The smallest absolute Gasteiger partial charge is 0.224 e. The summed E-state index contributed by atoms with van der Waals surface area (Å²) in [5.74, 6) is 0.688. The van der Waals surface area contributed by atoms with Gasteiger partial charge in [-0.05, 0) is 39.7 Å². The molecule has 34 heavy (non-hydrogen) atoms. The molecule has 1 fully saturated rings. The number of aliphatic hydroxyl groups excluding tert-OH is 3. The van der Waals surface area contributed by atoms with Gasteiger partial charge in [0.05, 0.1) is 33.8 Å². The predicted molar refractivity (Wildman–Crippen MR) is 135 cm³/mol. The van der Waals surface area contributed by atoms with E-state index in [-0.39, 0.29) is 12.5 Å². The number of rotatable bonds is 9. The second-order valence-corrected chi connectivity index (χ2v) is 10.1. The SMILES string of the molecule is CCCCCNc1nc(C)c(-c2nc3c(C)nc(C)cc3s2)c(N[C@@H]2C[C@H](CO)[C@@H](O)[C@H]2O)n1. The number of aromatic nitrogens is 4. The molecule has 1 saturated carbocycles. The second kappa shape index (κ2) is 10.5. The van der Waals surface area contributed by atoms with Crippen molar-refractivity contribution < 1.29 is 15.3 Å². The van der Waals surface area contributed by atoms with E-state index in [1.54, 1.807) is 11.3 Å². The Morgan fingerprint density at radius 1 is 1.03 bits per heavy atom. The van der Waals surface area contributed by atoms with Crippen LogP contribution in [0.5, 0.6) is 0 Å². The van der Waals surface area contributed by atoms with E-state index in [1.807, 2.05) is 26.8 Å². The molecule has 9 nitrogen and oxygen atoms in total. The third-order valence-corrected chi connectivity index (χ3v) is 7.43. The van der Waals surface area contributed by atoms with Gasteiger partial charge in [-0.3, -0.25) is 4.98 Å². The topological polar surface area (TPSA) is 136 Å². The molecule has 10 heteroatoms. The average Bonchev–Trinajstić information content (AvgIpc) is 3.33. The van der Waals surface area contributed by atoms with Crippen molar-refractivity contribution in [3.05, 3.63) is 23.1 Å². The Labute approximate surface area is 203 Å². The zero-order chi connectivity index (χ0) is 24.4. The lowest BCUT2D eigenvalue weighted by molar-refractivity contribution is 0.00446. The maximum Gasteiger partial charge on any atom is 0.224 e. The van der Waals surface area contributed by atoms with Gasteiger partial charge in [0.2, 0.25) is 5.95 Å². The van der Waals surface area contributed by atoms with Gasteiger partial charge in [0.15, 0.2) is 0 Å². The lowest BCUT2D eigenvalue weighted by atomic mass is 10.1. The molecule has 0 unspecified atom stereocenters. The number of aliphatic hydroxyl groups is 3. The van der Waals surface area contributed by atoms with Crippen molar-refractivity contribution in [2.24, 2.45) is 5.92 Å². The number of thiazole rings is 1. The minimum Gasteiger partial charge on any atom is -0.396 e. The molecule has 1 aliphatic carbocycles. The molecule has 5 N–H and O–H groups in total. The fourth-order valence-corrected chi connectivity index (χ4v) is 5.76. The van der Waals surface area contributed by atoms with Crippen molar-refractivity contribution in [3.63, 3.8) is 0 Å². The highest BCUT2D eigenvalue weighted by molar-refractivity contribution is 7.21. The first-order valence-electron chi connectivity index (χ1n) is 11.9. The highest BCUT2D eigenvalue weighted by Crippen LogP contribution is 2.38. The first-order valence-corrected chi connectivity index (χ1v) is 12.7. The number of anilines is 2. The molecule has 0 amide bonds. The molecule has 4 rings (SSSR count). The van der Waals surface area contributed by atoms with Gasteiger partial charge in [0, 0.05) is 24.8 Å². The van der Waals surface area contributed by atoms with Gasteiger partial charge < -0.3 is 26.0 Å². The van der Waals surface area contributed by atoms with Crippen molar-refractivity contribution in [1.82, 2.24) is 19.9 Å². The quantitative estimate of drug-likeness (QED) is 0.289. The first-order chi connectivity index (χ1) is 16.3. The van der Waals surface area contributed by atoms with Crippen LogP contribution in [0.1, 0.15) is 49.7 Å². The van der Waals surface area contributed by atoms with Crippen molar-refractivity contribution in [3.8, 4) is 10.6 Å². The molecule has 0 aliphatic heterocycles. The molecule has 3 aromatic rings. The van der Waals surface area contributed by atoms with Crippen molar-refractivity contribution >= 4 is 33.3 Å². The summed E-state index contributed by atoms with van der Waals surface area (Å²) in [5.41, 5.74) is 4.21. The number of pyridine rings is 1. The van der Waals surface area contributed by atoms with E-state index in [0.717, 1.165) is 63.7 Å². The van der Waals surface area contributed by atoms with E-state index in [0.29, 0.717) is 18.2 Å². The lowest BCUT2D eigenvalue weighted by Gasteiger charge is -2.21. The Bertz CT molecular complexity index is 1150. The van der Waals surface area contributed by atoms with E-state index in [4.69, 9.17) is 15.0 Å². The number of aryl methyl sites for hydroxylation is 3. The number of hydrogen-bond donors (Lipinski definition) is 5. The molecule has 3 heterocycles. The largest absolute Gasteiger partial charge is 0.396 e. The minimum atomic E-state index is -1.01. The summed E-state index contributed by atoms with van der Waals surface area (Å²) in [6, 6.07) is 1.58. The molecule has 0 radical (unpaired) electrons. The van der Waals surface area contributed by atoms with Gasteiger partial charge in [0.25, 0.3) is 0 Å². The second-order valence-electron chi connectivity index (χ2n) is 9.12. The predicted octanol–water partition coefficient (Wildman–Crippen LogP) is 3.19. The lowest BCUT2D eigenvalue weighted by Crippen LogP contribution is -2.35. The molecule has 0 spiro atoms. The van der Waals surface area contributed by atoms with Crippen LogP contribution >= 0.6 is 11.3 Å². The Hall–Kier alpha value is -2.40. The van der Waals surface area contributed by atoms with E-state index in [9.17, 15) is 15.3 Å². The zero-order valence-electron chi connectivity index (χ0n) is 20.2. The van der Waals surface area contributed by atoms with Crippen LogP contribution < -0.4 is 10.6 Å². The summed E-state index contributed by atoms with van der Waals surface area (Å²) >= 11 is 1.56. The van der Waals surface area contributed by atoms with Gasteiger partial charge in [-0.1, -0.05) is 19.8 Å². The molecule has 0 bridgehead atoms. The third kappa shape index (κ3) is 5.00. The van der Waals surface area contributed by atoms with E-state index < -0.39 is 18.2 Å². The van der Waals surface area contributed by atoms with Crippen LogP contribution in [0.25, 0.3) is 20.8 Å². The summed E-state index contributed by atoms with van der Waals surface area (Å²) in [7, 11) is 0. The number of unbranched alkanes of at least 4 members (excludes halogenated alkanes) is 2. The van der Waals surface area contributed by atoms with Crippen LogP contribution in [0.2, 0.25) is 0 Å². The summed E-state index contributed by atoms with van der Waals surface area (Å²) in [6.07, 6.45) is 1.72. The fraction of sp³-hybridized carbons (Fsp3) is 0.583. The molecular weight excluding hydrogens is 452 g/mol. The summed E-state index contributed by atoms with van der Waals surface area (Å²) in [6.45, 7) is 8.61. The molecular formula is C24H34N6O3S. The Balaban J connectivity index is 1.73. The van der Waals surface area contributed by atoms with Crippen LogP contribution in [0.3, 0.4) is 0 Å². The van der Waals surface area contributed by atoms with Crippen molar-refractivity contribution in [2.75, 3.05) is 23.8 Å². The molecule has 4 atom stereocenters. The molecule has 0 aromatic carbocycles. The molecule has 0 saturated heterocycles. The Morgan fingerprint density at radius 3 is 2.53 bits per heavy atom. The summed E-state index contributed by atoms with van der Waals surface area (Å²) in [4.78, 5) is 18.9. The molecule has 1 aliphatic rings. The van der Waals surface area contributed by atoms with Gasteiger partial charge >= 0.3 is 0 Å². The monoisotopic (exact) mass is 486 g/mol. The Morgan fingerprint density at radius 2 is 1.82 bits per heavy atom. The van der Waals surface area contributed by atoms with E-state index >= 15 is 0 Å². The van der Waals surface area contributed by atoms with Gasteiger partial charge in [-0.15, -0.1) is 11.3 Å². The van der Waals surface area contributed by atoms with Crippen LogP contribution in [0.15, 0.2) is 6.07 Å². The first kappa shape index (κ1) is 24.7. The maximum absolute atomic E-state index is 10.6. The highest BCUT2D eigenvalue weighted by Gasteiger charge is 2.41. The third-order valence-electron chi connectivity index (χ3n) is 6.41. The van der Waals surface area contributed by atoms with E-state index in [2.05, 4.69) is 22.5 Å². The normalized spacial score (nSPS) is 22.4. The van der Waals surface area contributed by atoms with E-state index in [1.165, 1.54) is 0 Å². The highest BCUT2D eigenvalue weighted by atomic mass is 32.1. The average molecular weight is 487 g/mol. The summed E-state index contributed by atoms with van der Waals surface area (Å²) in [5, 5.41) is 37.9. The molecule has 3 aromatic heterocycles. The molecule has 184 valence electrons. The number of nitrogens with zero attached hydrogens (tertiary/aromatic N) is 4. The zero-order valence-corrected chi connectivity index (χ0v) is 21.0. The number of hydrogen-bond acceptors (Lipinski definition) is 10. The Kier molecular flexibility index (Phi) is 7.61. The number of nitrogens with one attached hydrogen (secondary N) is 2. The van der Waals surface area contributed by atoms with Crippen LogP contribution in [0.4, 0.5) is 11.8 Å². The van der Waals surface area contributed by atoms with Gasteiger partial charge in [0.1, 0.15) is 22.4 Å². The van der Waals surface area contributed by atoms with Crippen molar-refractivity contribution in [2.45, 2.75) is 71.6 Å². The standard InChI is InChI=1S/C24H34N6O3S/c1-5-6-7-8-25-24-27-13(3)18(23-29-19-14(4)26-12(2)9-17(19)34-23)22(30-24)28-16-10-15(11-31)20(32)21(16)33/h9,15-16,20-21,31-33H,5-8,10-11H2,1-4H3,(H2,25,27,28,30)/t15-,16-,20-,21+/m1/s1. The van der Waals surface area contributed by atoms with Crippen LogP contribution in [-0.4, -0.2) is 66.7 Å². The summed E-state index contributed by atoms with van der Waals surface area (Å²) < 4.78 is 1.05. The minimum absolute atomic E-state index is 0.181. The van der Waals surface area contributed by atoms with Gasteiger partial charge in [-0.2, -0.15) is 4.98 Å².